The van der Waals surface area contributed by atoms with Crippen LogP contribution in [0.1, 0.15) is 125 Å². The Morgan fingerprint density at radius 1 is 0.817 bits per heavy atom. The van der Waals surface area contributed by atoms with E-state index in [-0.39, 0.29) is 97.8 Å². The molecule has 4 heterocycles. The molecule has 6 aliphatic rings. The van der Waals surface area contributed by atoms with Gasteiger partial charge in [-0.1, -0.05) is 85.8 Å². The molecule has 4 bridgehead atoms. The third-order valence-electron chi connectivity index (χ3n) is 20.6. The zero-order valence-corrected chi connectivity index (χ0v) is 58.1. The molecule has 3 aliphatic carbocycles. The lowest BCUT2D eigenvalue weighted by molar-refractivity contribution is -0.346. The summed E-state index contributed by atoms with van der Waals surface area (Å²) in [6.07, 6.45) is -11.2. The van der Waals surface area contributed by atoms with Crippen molar-refractivity contribution in [1.29, 1.82) is 0 Å². The van der Waals surface area contributed by atoms with Crippen LogP contribution in [0.3, 0.4) is 0 Å². The van der Waals surface area contributed by atoms with Crippen molar-refractivity contribution in [1.82, 2.24) is 46.5 Å². The summed E-state index contributed by atoms with van der Waals surface area (Å²) in [6, 6.07) is 17.6. The van der Waals surface area contributed by atoms with Crippen molar-refractivity contribution in [3.63, 3.8) is 0 Å². The van der Waals surface area contributed by atoms with Crippen LogP contribution in [0.15, 0.2) is 113 Å². The summed E-state index contributed by atoms with van der Waals surface area (Å²) in [5.41, 5.74) is 3.07. The van der Waals surface area contributed by atoms with Gasteiger partial charge in [-0.2, -0.15) is 0 Å². The average molecular weight is 1440 g/mol. The number of carboxylic acid groups (broad SMARTS) is 1. The van der Waals surface area contributed by atoms with E-state index in [1.54, 1.807) is 71.6 Å². The minimum Gasteiger partial charge on any atom is -0.481 e. The Morgan fingerprint density at radius 2 is 1.49 bits per heavy atom. The van der Waals surface area contributed by atoms with Crippen molar-refractivity contribution >= 4 is 77.1 Å². The van der Waals surface area contributed by atoms with Crippen molar-refractivity contribution in [3.05, 3.63) is 131 Å². The molecule has 33 heteroatoms. The number of hydrogen-bond donors (Lipinski definition) is 10. The fraction of sp³-hybridized carbons (Fsp3) is 0.507. The van der Waals surface area contributed by atoms with E-state index in [4.69, 9.17) is 39.9 Å². The number of aliphatic carboxylic acids is 1. The van der Waals surface area contributed by atoms with Crippen LogP contribution in [-0.2, 0) is 89.3 Å². The van der Waals surface area contributed by atoms with Crippen molar-refractivity contribution in [2.75, 3.05) is 32.8 Å². The second kappa shape index (κ2) is 31.6. The Kier molecular flexibility index (Phi) is 23.1. The van der Waals surface area contributed by atoms with E-state index in [0.29, 0.717) is 0 Å². The number of hydrogen-bond acceptors (Lipinski definition) is 24. The van der Waals surface area contributed by atoms with Crippen molar-refractivity contribution in [2.45, 2.75) is 177 Å². The number of nitrogens with two attached hydrogens (primary N) is 2. The highest BCUT2D eigenvalue weighted by atomic mass is 16.6. The number of nitrogens with zero attached hydrogens (tertiary/aromatic N) is 5. The lowest BCUT2D eigenvalue weighted by Crippen LogP contribution is -2.82. The number of aliphatic hydroxyl groups is 2. The molecule has 104 heavy (non-hydrogen) atoms. The molecule has 5 amide bonds. The first-order valence-corrected chi connectivity index (χ1v) is 34.1. The summed E-state index contributed by atoms with van der Waals surface area (Å²) in [5, 5.41) is 57.9. The first-order chi connectivity index (χ1) is 49.3. The molecule has 5 fully saturated rings. The number of ether oxygens (including phenoxy) is 6. The van der Waals surface area contributed by atoms with Crippen LogP contribution in [0, 0.1) is 16.7 Å². The quantitative estimate of drug-likeness (QED) is 0.0114. The van der Waals surface area contributed by atoms with E-state index < -0.39 is 198 Å². The minimum atomic E-state index is -2.57. The Bertz CT molecular complexity index is 4020. The number of carbonyl (C=O) groups excluding carboxylic acids is 11. The molecule has 0 unspecified atom stereocenters. The number of Topliss-reactive ketones (excluding diaryl/α,β-unsaturated/α-hetero) is 1. The maximum absolute atomic E-state index is 16.0. The summed E-state index contributed by atoms with van der Waals surface area (Å²) in [6.45, 7) is 7.25. The first kappa shape index (κ1) is 76.1. The van der Waals surface area contributed by atoms with Crippen LogP contribution in [0.4, 0.5) is 0 Å². The Labute approximate surface area is 596 Å². The van der Waals surface area contributed by atoms with Gasteiger partial charge in [0.25, 0.3) is 5.91 Å². The minimum absolute atomic E-state index is 0.00144. The molecule has 3 saturated heterocycles. The monoisotopic (exact) mass is 1440 g/mol. The van der Waals surface area contributed by atoms with E-state index >= 15 is 9.59 Å². The number of benzene rings is 3. The predicted molar refractivity (Wildman–Crippen MR) is 361 cm³/mol. The highest BCUT2D eigenvalue weighted by Gasteiger charge is 2.78. The summed E-state index contributed by atoms with van der Waals surface area (Å²) in [4.78, 5) is 174. The lowest BCUT2D eigenvalue weighted by Gasteiger charge is -2.67. The molecule has 10 rings (SSSR count). The van der Waals surface area contributed by atoms with E-state index in [1.807, 2.05) is 0 Å². The Hall–Kier alpha value is -10.5. The van der Waals surface area contributed by atoms with Gasteiger partial charge in [0, 0.05) is 76.0 Å². The number of guanidine groups is 1. The summed E-state index contributed by atoms with van der Waals surface area (Å²) in [5.74, 6) is -13.1. The number of amides is 5. The zero-order chi connectivity index (χ0) is 75.2. The number of carboxylic acids is 1. The van der Waals surface area contributed by atoms with Gasteiger partial charge in [-0.05, 0) is 74.1 Å². The van der Waals surface area contributed by atoms with Gasteiger partial charge in [-0.25, -0.2) is 9.59 Å². The van der Waals surface area contributed by atoms with E-state index in [9.17, 15) is 63.3 Å². The van der Waals surface area contributed by atoms with Gasteiger partial charge in [0.05, 0.1) is 67.3 Å². The number of esters is 5. The molecule has 1 aromatic heterocycles. The van der Waals surface area contributed by atoms with Crippen molar-refractivity contribution < 1.29 is 101 Å². The van der Waals surface area contributed by atoms with Gasteiger partial charge in [0.1, 0.15) is 42.0 Å². The number of aliphatic hydroxyl groups excluding tert-OH is 1. The number of nitrogens with one attached hydrogen (secondary N) is 5. The first-order valence-electron chi connectivity index (χ1n) is 34.1. The standard InChI is InChI=1S/C71H86N12O21/c1-37-48(32-71(98)60(103-65(96)42-21-14-9-15-22-42)58-69(6,49(86)31-50-70(58,36-99-50)104-39(3)85)59(91)56(100-38(2)84)54(37)68(71,4)5)101-66(97)57(55(40-17-10-7-11-18-40)79-61(92)41-19-12-8-13-20-41)102-53(90)25-24-43-35-83(81-80-43)28-27-82-34-44-29-47(82)64(95)78-45(23-16-26-74-67(72)73)62(93)75-33-51(87)77-46(30-52(88)89)63(94)76-44/h7-15,17-22,35,44-50,55-58,60,86,98H,16,23-34,36H2,1-6H3,(H,75,93)(H,76,94)(H,77,87)(H,78,95)(H,79,92)(H,88,89)(H4,72,73,74)/t44-,45-,46-,47-,48-,49-,50+,55-,56+,57+,58-,60-,69+,70-,71+/m0/s1. The zero-order valence-electron chi connectivity index (χ0n) is 58.1. The number of aromatic nitrogens is 3. The summed E-state index contributed by atoms with van der Waals surface area (Å²) >= 11 is 0. The number of aliphatic imine (C=N–C) groups is 1. The third-order valence-corrected chi connectivity index (χ3v) is 20.6. The molecule has 15 atom stereocenters. The van der Waals surface area contributed by atoms with Gasteiger partial charge >= 0.3 is 35.8 Å². The van der Waals surface area contributed by atoms with Gasteiger partial charge in [0.15, 0.2) is 23.4 Å². The Morgan fingerprint density at radius 3 is 2.12 bits per heavy atom. The smallest absolute Gasteiger partial charge is 0.350 e. The molecule has 3 aliphatic heterocycles. The second-order valence-electron chi connectivity index (χ2n) is 27.7. The SMILES string of the molecule is CC(=O)O[C@H]1C(=O)[C@@]2(C)[C@H]([C@H](OC(=O)c3ccccc3)[C@]3(O)C[C@H](OC(=O)[C@H](OC(=O)CCc4cn(CCN5C[C@@H]6C[C@H]5C(=O)N[C@@H](CCCN=C(N)N)C(=O)NCC(=O)N[C@@H](CC(=O)O)C(=O)N6)nn4)[C@@H](NC(=O)c4ccccc4)c4ccccc4)C(C)=C1C3(C)C)[C@]1(OC(C)=O)CO[C@@H]1C[C@@H]2O. The Balaban J connectivity index is 0.951. The third kappa shape index (κ3) is 16.1. The van der Waals surface area contributed by atoms with Crippen LogP contribution >= 0.6 is 0 Å². The molecule has 12 N–H and O–H groups in total. The van der Waals surface area contributed by atoms with Gasteiger partial charge in [-0.3, -0.25) is 62.5 Å². The molecular weight excluding hydrogens is 1360 g/mol. The fourth-order valence-corrected chi connectivity index (χ4v) is 15.3. The molecule has 33 nitrogen and oxygen atoms in total. The number of fused-ring (bicyclic) bond motifs is 7. The predicted octanol–water partition coefficient (Wildman–Crippen LogP) is -0.302. The highest BCUT2D eigenvalue weighted by molar-refractivity contribution is 5.98. The van der Waals surface area contributed by atoms with Crippen LogP contribution in [-0.4, -0.2) is 217 Å². The normalized spacial score (nSPS) is 28.7. The van der Waals surface area contributed by atoms with Crippen molar-refractivity contribution in [3.8, 4) is 0 Å². The topological polar surface area (TPSA) is 479 Å². The molecule has 0 spiro atoms. The average Bonchev–Trinajstić information content (AvgIpc) is 0.693. The summed E-state index contributed by atoms with van der Waals surface area (Å²) in [7, 11) is 0. The van der Waals surface area contributed by atoms with Crippen molar-refractivity contribution in [2.24, 2.45) is 33.2 Å². The molecule has 2 saturated carbocycles. The fourth-order valence-electron chi connectivity index (χ4n) is 15.3. The lowest BCUT2D eigenvalue weighted by atomic mass is 9.44. The summed E-state index contributed by atoms with van der Waals surface area (Å²) < 4.78 is 38.8. The number of carbonyl (C=O) groups is 12. The molecule has 4 aromatic rings. The van der Waals surface area contributed by atoms with Crippen LogP contribution in [0.5, 0.6) is 0 Å². The number of aryl methyl sites for hydroxylation is 1. The van der Waals surface area contributed by atoms with E-state index in [0.717, 1.165) is 13.8 Å². The molecule has 0 radical (unpaired) electrons. The van der Waals surface area contributed by atoms with Crippen LogP contribution in [0.2, 0.25) is 0 Å². The highest BCUT2D eigenvalue weighted by Crippen LogP contribution is 2.64. The molecule has 556 valence electrons. The largest absolute Gasteiger partial charge is 0.481 e. The molecule has 3 aromatic carbocycles. The maximum atomic E-state index is 16.0. The van der Waals surface area contributed by atoms with E-state index in [1.165, 1.54) is 62.8 Å². The van der Waals surface area contributed by atoms with E-state index in [2.05, 4.69) is 41.9 Å². The maximum Gasteiger partial charge on any atom is 0.350 e. The van der Waals surface area contributed by atoms with Gasteiger partial charge in [-0.15, -0.1) is 5.10 Å². The number of rotatable bonds is 23. The number of likely N-dealkylation sites (tertiary alicyclic amines) is 1. The van der Waals surface area contributed by atoms with Crippen LogP contribution < -0.4 is 38.1 Å². The van der Waals surface area contributed by atoms with Gasteiger partial charge in [0.2, 0.25) is 29.7 Å². The van der Waals surface area contributed by atoms with Crippen LogP contribution in [0.25, 0.3) is 0 Å². The molecular formula is C71H86N12O21. The van der Waals surface area contributed by atoms with Gasteiger partial charge < -0.3 is 81.8 Å². The number of ketones is 1. The second-order valence-corrected chi connectivity index (χ2v) is 27.7.